The van der Waals surface area contributed by atoms with Crippen molar-refractivity contribution in [1.29, 1.82) is 0 Å². The molecule has 1 N–H and O–H groups in total. The van der Waals surface area contributed by atoms with Crippen LogP contribution in [0, 0.1) is 0 Å². The lowest BCUT2D eigenvalue weighted by Crippen LogP contribution is -2.37. The minimum Gasteiger partial charge on any atom is -0.444 e. The van der Waals surface area contributed by atoms with E-state index in [1.807, 2.05) is 65.0 Å². The van der Waals surface area contributed by atoms with Gasteiger partial charge in [-0.05, 0) is 107 Å². The molecule has 7 rings (SSSR count). The average Bonchev–Trinajstić information content (AvgIpc) is 3.98. The first-order valence-electron chi connectivity index (χ1n) is 20.6. The standard InChI is InChI=1S/C45H59N7O5Si/c1-44(2,3)56-42(53)50-20-10-12-37(50)40-47-27-36(49-40)31-16-14-30(15-17-31)32-18-19-33-25-35(46-26-34(33)24-32)39-28-48-41(52(39)29-55-22-23-58(7,8)9)38-13-11-21-51(38)43(54)57-45(4,5)6/h14-19,24-28,37-38H,10-13,20-23,29H2,1-9H3,(H,47,49). The van der Waals surface area contributed by atoms with Crippen LogP contribution >= 0.6 is 0 Å². The summed E-state index contributed by atoms with van der Waals surface area (Å²) in [4.78, 5) is 47.8. The van der Waals surface area contributed by atoms with Gasteiger partial charge in [0.05, 0.1) is 41.6 Å². The Labute approximate surface area is 343 Å². The maximum Gasteiger partial charge on any atom is 0.410 e. The number of rotatable bonds is 10. The van der Waals surface area contributed by atoms with Crippen molar-refractivity contribution in [3.63, 3.8) is 0 Å². The number of aromatic nitrogens is 5. The highest BCUT2D eigenvalue weighted by atomic mass is 28.3. The maximum atomic E-state index is 13.3. The van der Waals surface area contributed by atoms with Crippen LogP contribution in [0.2, 0.25) is 25.7 Å². The molecule has 2 amide bonds. The molecule has 308 valence electrons. The Balaban J connectivity index is 1.10. The summed E-state index contributed by atoms with van der Waals surface area (Å²) in [6.07, 6.45) is 8.44. The molecule has 12 nitrogen and oxygen atoms in total. The number of nitrogens with zero attached hydrogens (tertiary/aromatic N) is 6. The van der Waals surface area contributed by atoms with E-state index >= 15 is 0 Å². The molecule has 5 aromatic rings. The maximum absolute atomic E-state index is 13.3. The van der Waals surface area contributed by atoms with Crippen molar-refractivity contribution < 1.29 is 23.8 Å². The van der Waals surface area contributed by atoms with Gasteiger partial charge in [-0.25, -0.2) is 19.6 Å². The number of pyridine rings is 1. The number of aromatic amines is 1. The third-order valence-electron chi connectivity index (χ3n) is 10.6. The molecular weight excluding hydrogens is 747 g/mol. The molecular formula is C45H59N7O5Si. The van der Waals surface area contributed by atoms with Crippen LogP contribution in [-0.4, -0.2) is 85.5 Å². The van der Waals surface area contributed by atoms with E-state index in [0.717, 1.165) is 87.9 Å². The van der Waals surface area contributed by atoms with Crippen molar-refractivity contribution in [1.82, 2.24) is 34.3 Å². The van der Waals surface area contributed by atoms with E-state index in [4.69, 9.17) is 24.2 Å². The van der Waals surface area contributed by atoms with E-state index in [1.165, 1.54) is 0 Å². The van der Waals surface area contributed by atoms with Gasteiger partial charge < -0.3 is 23.8 Å². The van der Waals surface area contributed by atoms with Crippen LogP contribution in [0.1, 0.15) is 91.0 Å². The van der Waals surface area contributed by atoms with Crippen LogP contribution in [-0.2, 0) is 20.9 Å². The molecule has 0 spiro atoms. The Morgan fingerprint density at radius 2 is 1.36 bits per heavy atom. The minimum atomic E-state index is -1.29. The Hall–Kier alpha value is -5.01. The number of nitrogens with one attached hydrogen (secondary N) is 1. The third-order valence-corrected chi connectivity index (χ3v) is 12.3. The van der Waals surface area contributed by atoms with E-state index in [2.05, 4.69) is 82.7 Å². The number of amides is 2. The van der Waals surface area contributed by atoms with Gasteiger partial charge in [-0.3, -0.25) is 14.8 Å². The summed E-state index contributed by atoms with van der Waals surface area (Å²) in [6.45, 7) is 20.6. The number of fused-ring (bicyclic) bond motifs is 1. The SMILES string of the molecule is CC(C)(C)OC(=O)N1CCCC1c1ncc(-c2ccc(-c3ccc4cc(-c5cnc(C6CCCN6C(=O)OC(C)(C)C)n5COCC[Si](C)(C)C)ncc4c3)cc2)[nH]1. The van der Waals surface area contributed by atoms with E-state index < -0.39 is 19.3 Å². The fourth-order valence-corrected chi connectivity index (χ4v) is 8.41. The van der Waals surface area contributed by atoms with Crippen LogP contribution in [0.4, 0.5) is 9.59 Å². The molecule has 2 saturated heterocycles. The lowest BCUT2D eigenvalue weighted by Gasteiger charge is -2.29. The van der Waals surface area contributed by atoms with E-state index in [9.17, 15) is 9.59 Å². The smallest absolute Gasteiger partial charge is 0.410 e. The van der Waals surface area contributed by atoms with E-state index in [-0.39, 0.29) is 24.3 Å². The molecule has 3 aromatic heterocycles. The molecule has 2 aromatic carbocycles. The van der Waals surface area contributed by atoms with Crippen LogP contribution < -0.4 is 0 Å². The van der Waals surface area contributed by atoms with E-state index in [1.54, 1.807) is 4.90 Å². The highest BCUT2D eigenvalue weighted by Gasteiger charge is 2.37. The van der Waals surface area contributed by atoms with Gasteiger partial charge in [-0.15, -0.1) is 0 Å². The monoisotopic (exact) mass is 805 g/mol. The normalized spacial score (nSPS) is 17.7. The molecule has 0 bridgehead atoms. The highest BCUT2D eigenvalue weighted by Crippen LogP contribution is 2.37. The third kappa shape index (κ3) is 9.64. The van der Waals surface area contributed by atoms with Gasteiger partial charge >= 0.3 is 12.2 Å². The van der Waals surface area contributed by atoms with Crippen LogP contribution in [0.25, 0.3) is 44.5 Å². The zero-order chi connectivity index (χ0) is 41.4. The molecule has 0 aliphatic carbocycles. The van der Waals surface area contributed by atoms with Crippen LogP contribution in [0.15, 0.2) is 67.1 Å². The molecule has 2 aliphatic rings. The highest BCUT2D eigenvalue weighted by molar-refractivity contribution is 6.76. The molecule has 2 fully saturated rings. The van der Waals surface area contributed by atoms with Crippen molar-refractivity contribution in [3.05, 3.63) is 78.8 Å². The average molecular weight is 806 g/mol. The first-order chi connectivity index (χ1) is 27.4. The molecule has 2 aliphatic heterocycles. The summed E-state index contributed by atoms with van der Waals surface area (Å²) < 4.78 is 19.8. The van der Waals surface area contributed by atoms with Crippen molar-refractivity contribution in [3.8, 4) is 33.8 Å². The molecule has 5 heterocycles. The van der Waals surface area contributed by atoms with E-state index in [0.29, 0.717) is 26.4 Å². The first-order valence-corrected chi connectivity index (χ1v) is 24.3. The van der Waals surface area contributed by atoms with Gasteiger partial charge in [0, 0.05) is 39.4 Å². The Bertz CT molecular complexity index is 2250. The number of carbonyl (C=O) groups is 2. The number of likely N-dealkylation sites (tertiary alicyclic amines) is 2. The zero-order valence-electron chi connectivity index (χ0n) is 35.6. The fourth-order valence-electron chi connectivity index (χ4n) is 7.65. The quantitative estimate of drug-likeness (QED) is 0.109. The number of H-pyrrole nitrogens is 1. The summed E-state index contributed by atoms with van der Waals surface area (Å²) in [6, 6.07) is 17.7. The second-order valence-electron chi connectivity index (χ2n) is 18.8. The predicted molar refractivity (Wildman–Crippen MR) is 230 cm³/mol. The summed E-state index contributed by atoms with van der Waals surface area (Å²) in [7, 11) is -1.29. The number of ether oxygens (including phenoxy) is 3. The molecule has 2 unspecified atom stereocenters. The lowest BCUT2D eigenvalue weighted by molar-refractivity contribution is 0.0199. The zero-order valence-corrected chi connectivity index (χ0v) is 36.6. The number of hydrogen-bond acceptors (Lipinski definition) is 8. The Kier molecular flexibility index (Phi) is 11.6. The molecule has 13 heteroatoms. The van der Waals surface area contributed by atoms with Crippen molar-refractivity contribution in [2.45, 2.75) is 123 Å². The fraction of sp³-hybridized carbons (Fsp3) is 0.489. The van der Waals surface area contributed by atoms with Crippen molar-refractivity contribution >= 4 is 31.0 Å². The van der Waals surface area contributed by atoms with Gasteiger partial charge in [0.25, 0.3) is 0 Å². The summed E-state index contributed by atoms with van der Waals surface area (Å²) in [5.41, 5.74) is 4.61. The summed E-state index contributed by atoms with van der Waals surface area (Å²) >= 11 is 0. The number of carbonyl (C=O) groups excluding carboxylic acids is 2. The summed E-state index contributed by atoms with van der Waals surface area (Å²) in [5, 5.41) is 2.09. The van der Waals surface area contributed by atoms with Crippen LogP contribution in [0.3, 0.4) is 0 Å². The first kappa shape index (κ1) is 41.2. The summed E-state index contributed by atoms with van der Waals surface area (Å²) in [5.74, 6) is 1.57. The molecule has 2 atom stereocenters. The van der Waals surface area contributed by atoms with Crippen molar-refractivity contribution in [2.75, 3.05) is 19.7 Å². The van der Waals surface area contributed by atoms with Gasteiger partial charge in [0.1, 0.15) is 29.6 Å². The predicted octanol–water partition coefficient (Wildman–Crippen LogP) is 10.6. The Morgan fingerprint density at radius 3 is 2.02 bits per heavy atom. The van der Waals surface area contributed by atoms with Gasteiger partial charge in [0.2, 0.25) is 0 Å². The van der Waals surface area contributed by atoms with Gasteiger partial charge in [-0.2, -0.15) is 0 Å². The molecule has 58 heavy (non-hydrogen) atoms. The number of benzene rings is 2. The topological polar surface area (TPSA) is 128 Å². The van der Waals surface area contributed by atoms with Gasteiger partial charge in [-0.1, -0.05) is 56.0 Å². The molecule has 0 saturated carbocycles. The van der Waals surface area contributed by atoms with Crippen LogP contribution in [0.5, 0.6) is 0 Å². The Morgan fingerprint density at radius 1 is 0.741 bits per heavy atom. The molecule has 0 radical (unpaired) electrons. The second kappa shape index (κ2) is 16.3. The van der Waals surface area contributed by atoms with Gasteiger partial charge in [0.15, 0.2) is 0 Å². The lowest BCUT2D eigenvalue weighted by atomic mass is 10.00. The second-order valence-corrected chi connectivity index (χ2v) is 24.5. The minimum absolute atomic E-state index is 0.132. The number of hydrogen-bond donors (Lipinski definition) is 1. The van der Waals surface area contributed by atoms with Crippen molar-refractivity contribution in [2.24, 2.45) is 0 Å². The largest absolute Gasteiger partial charge is 0.444 e. The number of imidazole rings is 2.